The van der Waals surface area contributed by atoms with Crippen LogP contribution in [0.2, 0.25) is 13.1 Å². The molecule has 0 aromatic rings. The Hall–Kier alpha value is 0.495. The maximum absolute atomic E-state index is 2.77. The molecule has 0 N–H and O–H groups in total. The third kappa shape index (κ3) is 4.65. The van der Waals surface area contributed by atoms with Crippen LogP contribution in [0.3, 0.4) is 0 Å². The van der Waals surface area contributed by atoms with Gasteiger partial charge in [-0.15, -0.1) is 9.24 Å². The zero-order chi connectivity index (χ0) is 6.41. The smallest absolute Gasteiger partial charge is 0.117 e. The first-order valence-corrected chi connectivity index (χ1v) is 4.33. The largest absolute Gasteiger partial charge is 0.138 e. The molecule has 1 unspecified atom stereocenters. The van der Waals surface area contributed by atoms with Gasteiger partial charge < -0.3 is 0 Å². The van der Waals surface area contributed by atoms with Gasteiger partial charge in [0.15, 0.2) is 0 Å². The Bertz CT molecular complexity index is 41.8. The molecule has 0 aromatic heterocycles. The molecule has 48 valence electrons. The van der Waals surface area contributed by atoms with Crippen LogP contribution in [0, 0.1) is 5.92 Å². The van der Waals surface area contributed by atoms with Gasteiger partial charge in [0, 0.05) is 0 Å². The molecule has 0 saturated heterocycles. The highest BCUT2D eigenvalue weighted by atomic mass is 31.0. The summed E-state index contributed by atoms with van der Waals surface area (Å²) in [5, 5.41) is 0. The van der Waals surface area contributed by atoms with Crippen LogP contribution in [0.5, 0.6) is 0 Å². The van der Waals surface area contributed by atoms with Gasteiger partial charge >= 0.3 is 0 Å². The van der Waals surface area contributed by atoms with E-state index in [0.717, 1.165) is 5.92 Å². The fraction of sp³-hybridized carbons (Fsp3) is 1.00. The van der Waals surface area contributed by atoms with Gasteiger partial charge in [0.25, 0.3) is 0 Å². The van der Waals surface area contributed by atoms with Crippen molar-refractivity contribution in [3.8, 4) is 0 Å². The summed E-state index contributed by atoms with van der Waals surface area (Å²) in [6.07, 6.45) is 4.04. The van der Waals surface area contributed by atoms with Gasteiger partial charge in [0.1, 0.15) is 7.28 Å². The van der Waals surface area contributed by atoms with Crippen molar-refractivity contribution in [2.75, 3.05) is 6.16 Å². The van der Waals surface area contributed by atoms with Crippen LogP contribution in [-0.4, -0.2) is 13.4 Å². The molecule has 2 atom stereocenters. The van der Waals surface area contributed by atoms with Gasteiger partial charge in [-0.3, -0.25) is 0 Å². The van der Waals surface area contributed by atoms with E-state index in [0.29, 0.717) is 0 Å². The molecule has 0 radical (unpaired) electrons. The third-order valence-corrected chi connectivity index (χ3v) is 1.77. The number of rotatable bonds is 4. The summed E-state index contributed by atoms with van der Waals surface area (Å²) in [6.45, 7) is 4.58. The van der Waals surface area contributed by atoms with E-state index in [9.17, 15) is 0 Å². The average molecular weight is 130 g/mol. The molecule has 0 heterocycles. The van der Waals surface area contributed by atoms with Gasteiger partial charge in [-0.05, 0) is 12.6 Å². The molecule has 0 aliphatic carbocycles. The van der Waals surface area contributed by atoms with Gasteiger partial charge in [0.2, 0.25) is 0 Å². The average Bonchev–Trinajstić information content (AvgIpc) is 1.68. The van der Waals surface area contributed by atoms with Crippen LogP contribution in [0.15, 0.2) is 0 Å². The minimum absolute atomic E-state index is 0.942. The quantitative estimate of drug-likeness (QED) is 0.402. The van der Waals surface area contributed by atoms with Crippen molar-refractivity contribution in [3.63, 3.8) is 0 Å². The van der Waals surface area contributed by atoms with Crippen LogP contribution in [0.4, 0.5) is 0 Å². The minimum atomic E-state index is 0.942. The summed E-state index contributed by atoms with van der Waals surface area (Å²) in [4.78, 5) is 0. The van der Waals surface area contributed by atoms with Gasteiger partial charge in [0.05, 0.1) is 0 Å². The summed E-state index contributed by atoms with van der Waals surface area (Å²) in [5.41, 5.74) is 0. The summed E-state index contributed by atoms with van der Waals surface area (Å²) < 4.78 is 0. The molecule has 0 spiro atoms. The standard InChI is InChI=1S/C6H16BP/c1-6(3-4-8)5-7-2/h6-7H,3-5,8H2,1-2H3/t6-/m0/s1. The molecule has 8 heavy (non-hydrogen) atoms. The highest BCUT2D eigenvalue weighted by Crippen LogP contribution is 2.08. The van der Waals surface area contributed by atoms with Gasteiger partial charge in [-0.1, -0.05) is 26.0 Å². The zero-order valence-corrected chi connectivity index (χ0v) is 7.14. The first kappa shape index (κ1) is 8.49. The molecule has 0 bridgehead atoms. The summed E-state index contributed by atoms with van der Waals surface area (Å²) in [6, 6.07) is 0. The van der Waals surface area contributed by atoms with Crippen molar-refractivity contribution in [2.24, 2.45) is 5.92 Å². The zero-order valence-electron chi connectivity index (χ0n) is 5.98. The maximum atomic E-state index is 2.77. The van der Waals surface area contributed by atoms with E-state index in [2.05, 4.69) is 23.0 Å². The van der Waals surface area contributed by atoms with Crippen molar-refractivity contribution >= 4 is 16.5 Å². The second-order valence-electron chi connectivity index (χ2n) is 2.47. The first-order chi connectivity index (χ1) is 3.81. The number of hydrogen-bond donors (Lipinski definition) is 0. The van der Waals surface area contributed by atoms with Gasteiger partial charge in [-0.25, -0.2) is 0 Å². The normalized spacial score (nSPS) is 13.4. The lowest BCUT2D eigenvalue weighted by Crippen LogP contribution is -1.96. The van der Waals surface area contributed by atoms with E-state index >= 15 is 0 Å². The van der Waals surface area contributed by atoms with Crippen molar-refractivity contribution in [1.29, 1.82) is 0 Å². The van der Waals surface area contributed by atoms with Crippen molar-refractivity contribution in [3.05, 3.63) is 0 Å². The second-order valence-corrected chi connectivity index (χ2v) is 3.05. The Morgan fingerprint density at radius 3 is 2.62 bits per heavy atom. The summed E-state index contributed by atoms with van der Waals surface area (Å²) in [7, 11) is 4.11. The van der Waals surface area contributed by atoms with Crippen LogP contribution >= 0.6 is 9.24 Å². The highest BCUT2D eigenvalue weighted by molar-refractivity contribution is 7.16. The molecule has 2 heteroatoms. The van der Waals surface area contributed by atoms with E-state index in [1.54, 1.807) is 0 Å². The molecule has 0 aromatic carbocycles. The SMILES string of the molecule is CBC[C@@H](C)CCP. The Morgan fingerprint density at radius 2 is 2.25 bits per heavy atom. The second kappa shape index (κ2) is 5.63. The van der Waals surface area contributed by atoms with Gasteiger partial charge in [-0.2, -0.15) is 0 Å². The molecule has 0 aliphatic heterocycles. The maximum Gasteiger partial charge on any atom is 0.117 e. The fourth-order valence-electron chi connectivity index (χ4n) is 0.922. The molecule has 0 aliphatic rings. The van der Waals surface area contributed by atoms with Crippen LogP contribution < -0.4 is 0 Å². The van der Waals surface area contributed by atoms with E-state index in [1.165, 1.54) is 26.2 Å². The van der Waals surface area contributed by atoms with Crippen molar-refractivity contribution in [2.45, 2.75) is 26.5 Å². The summed E-state index contributed by atoms with van der Waals surface area (Å²) >= 11 is 0. The molecule has 0 fully saturated rings. The molecule has 0 nitrogen and oxygen atoms in total. The Labute approximate surface area is 55.9 Å². The fourth-order valence-corrected chi connectivity index (χ4v) is 1.49. The molecule has 0 saturated carbocycles. The first-order valence-electron chi connectivity index (χ1n) is 3.51. The minimum Gasteiger partial charge on any atom is -0.138 e. The van der Waals surface area contributed by atoms with E-state index in [4.69, 9.17) is 0 Å². The molecule has 0 rings (SSSR count). The molecular weight excluding hydrogens is 114 g/mol. The molecule has 0 amide bonds. The Morgan fingerprint density at radius 1 is 1.62 bits per heavy atom. The Balaban J connectivity index is 2.92. The lowest BCUT2D eigenvalue weighted by molar-refractivity contribution is 0.629. The van der Waals surface area contributed by atoms with E-state index < -0.39 is 0 Å². The predicted octanol–water partition coefficient (Wildman–Crippen LogP) is 1.79. The monoisotopic (exact) mass is 130 g/mol. The molecular formula is C6H16BP. The van der Waals surface area contributed by atoms with Crippen LogP contribution in [-0.2, 0) is 0 Å². The van der Waals surface area contributed by atoms with Crippen LogP contribution in [0.25, 0.3) is 0 Å². The number of hydrogen-bond acceptors (Lipinski definition) is 0. The van der Waals surface area contributed by atoms with E-state index in [1.807, 2.05) is 0 Å². The topological polar surface area (TPSA) is 0 Å². The lowest BCUT2D eigenvalue weighted by atomic mass is 9.72. The van der Waals surface area contributed by atoms with Crippen molar-refractivity contribution < 1.29 is 0 Å². The third-order valence-electron chi connectivity index (χ3n) is 1.44. The lowest BCUT2D eigenvalue weighted by Gasteiger charge is -2.04. The summed E-state index contributed by atoms with van der Waals surface area (Å²) in [5.74, 6) is 0.942. The Kier molecular flexibility index (Phi) is 5.98. The van der Waals surface area contributed by atoms with Crippen LogP contribution in [0.1, 0.15) is 13.3 Å². The van der Waals surface area contributed by atoms with E-state index in [-0.39, 0.29) is 0 Å². The highest BCUT2D eigenvalue weighted by Gasteiger charge is 1.96. The van der Waals surface area contributed by atoms with Crippen molar-refractivity contribution in [1.82, 2.24) is 0 Å². The predicted molar refractivity (Wildman–Crippen MR) is 46.2 cm³/mol.